The molecule has 2 rings (SSSR count). The molecule has 1 saturated heterocycles. The van der Waals surface area contributed by atoms with E-state index in [2.05, 4.69) is 24.1 Å². The van der Waals surface area contributed by atoms with Crippen LogP contribution in [0.15, 0.2) is 11.6 Å². The van der Waals surface area contributed by atoms with Gasteiger partial charge in [0.2, 0.25) is 11.8 Å². The highest BCUT2D eigenvalue weighted by molar-refractivity contribution is 5.90. The number of piperidine rings is 1. The van der Waals surface area contributed by atoms with Crippen LogP contribution in [0.25, 0.3) is 0 Å². The summed E-state index contributed by atoms with van der Waals surface area (Å²) in [6.07, 6.45) is 8.60. The maximum atomic E-state index is 13.7. The van der Waals surface area contributed by atoms with Crippen LogP contribution in [-0.4, -0.2) is 70.4 Å². The molecule has 7 nitrogen and oxygen atoms in total. The Bertz CT molecular complexity index is 697. The number of hydrogen-bond donors (Lipinski definition) is 2. The number of carboxylic acids is 1. The molecule has 1 unspecified atom stereocenters. The maximum Gasteiger partial charge on any atom is 0.331 e. The van der Waals surface area contributed by atoms with Gasteiger partial charge in [0.25, 0.3) is 0 Å². The number of nitrogens with zero attached hydrogens (tertiary/aromatic N) is 2. The molecule has 0 radical (unpaired) electrons. The first-order valence-corrected chi connectivity index (χ1v) is 12.3. The van der Waals surface area contributed by atoms with Crippen LogP contribution in [0.5, 0.6) is 0 Å². The summed E-state index contributed by atoms with van der Waals surface area (Å²) >= 11 is 0. The summed E-state index contributed by atoms with van der Waals surface area (Å²) in [5, 5.41) is 12.5. The third-order valence-corrected chi connectivity index (χ3v) is 7.18. The fourth-order valence-electron chi connectivity index (χ4n) is 5.22. The van der Waals surface area contributed by atoms with Crippen molar-refractivity contribution in [3.8, 4) is 0 Å². The molecule has 2 N–H and O–H groups in total. The Morgan fingerprint density at radius 2 is 1.62 bits per heavy atom. The second kappa shape index (κ2) is 11.8. The van der Waals surface area contributed by atoms with E-state index < -0.39 is 12.0 Å². The summed E-state index contributed by atoms with van der Waals surface area (Å²) in [5.74, 6) is -0.973. The Morgan fingerprint density at radius 3 is 2.16 bits per heavy atom. The minimum atomic E-state index is -0.983. The van der Waals surface area contributed by atoms with Crippen LogP contribution < -0.4 is 5.32 Å². The number of likely N-dealkylation sites (tertiary alicyclic amines) is 1. The molecule has 0 bridgehead atoms. The van der Waals surface area contributed by atoms with Crippen LogP contribution >= 0.6 is 0 Å². The molecular weight excluding hydrogens is 406 g/mol. The van der Waals surface area contributed by atoms with Crippen LogP contribution in [0, 0.1) is 11.8 Å². The minimum Gasteiger partial charge on any atom is -0.478 e. The summed E-state index contributed by atoms with van der Waals surface area (Å²) in [7, 11) is 1.73. The summed E-state index contributed by atoms with van der Waals surface area (Å²) in [5.41, 5.74) is 0.222. The second-order valence-corrected chi connectivity index (χ2v) is 10.2. The van der Waals surface area contributed by atoms with E-state index in [0.717, 1.165) is 51.5 Å². The van der Waals surface area contributed by atoms with Gasteiger partial charge in [0, 0.05) is 18.7 Å². The largest absolute Gasteiger partial charge is 0.478 e. The molecule has 2 fully saturated rings. The predicted molar refractivity (Wildman–Crippen MR) is 126 cm³/mol. The van der Waals surface area contributed by atoms with Crippen LogP contribution in [0.2, 0.25) is 0 Å². The zero-order valence-corrected chi connectivity index (χ0v) is 20.8. The second-order valence-electron chi connectivity index (χ2n) is 10.2. The molecule has 0 aromatic carbocycles. The molecular formula is C25H43N3O4. The third-order valence-electron chi connectivity index (χ3n) is 7.18. The van der Waals surface area contributed by atoms with Gasteiger partial charge in [0.05, 0.1) is 12.1 Å². The molecule has 0 spiro atoms. The summed E-state index contributed by atoms with van der Waals surface area (Å²) in [6, 6.07) is -0.823. The number of nitrogens with one attached hydrogen (secondary N) is 1. The smallest absolute Gasteiger partial charge is 0.331 e. The lowest BCUT2D eigenvalue weighted by atomic mass is 9.93. The Balaban J connectivity index is 2.25. The van der Waals surface area contributed by atoms with Crippen molar-refractivity contribution >= 4 is 17.8 Å². The molecule has 0 aromatic rings. The first-order valence-electron chi connectivity index (χ1n) is 12.3. The van der Waals surface area contributed by atoms with Crippen LogP contribution in [-0.2, 0) is 14.4 Å². The molecule has 2 aliphatic rings. The number of hydrogen-bond acceptors (Lipinski definition) is 4. The molecule has 1 aliphatic heterocycles. The number of rotatable bonds is 9. The summed E-state index contributed by atoms with van der Waals surface area (Å²) in [6.45, 7) is 10.6. The third kappa shape index (κ3) is 6.56. The number of carboxylic acid groups (broad SMARTS) is 1. The molecule has 3 atom stereocenters. The molecule has 7 heteroatoms. The van der Waals surface area contributed by atoms with Gasteiger partial charge in [0.15, 0.2) is 0 Å². The predicted octanol–water partition coefficient (Wildman–Crippen LogP) is 3.44. The van der Waals surface area contributed by atoms with Crippen molar-refractivity contribution in [3.63, 3.8) is 0 Å². The number of carbonyl (C=O) groups is 3. The van der Waals surface area contributed by atoms with Crippen molar-refractivity contribution < 1.29 is 19.5 Å². The number of aliphatic carboxylic acids is 1. The average Bonchev–Trinajstić information content (AvgIpc) is 3.28. The molecule has 2 amide bonds. The fourth-order valence-corrected chi connectivity index (χ4v) is 5.22. The lowest BCUT2D eigenvalue weighted by Gasteiger charge is -2.39. The van der Waals surface area contributed by atoms with E-state index in [1.807, 2.05) is 13.8 Å². The van der Waals surface area contributed by atoms with Gasteiger partial charge in [-0.3, -0.25) is 14.5 Å². The average molecular weight is 450 g/mol. The van der Waals surface area contributed by atoms with E-state index in [4.69, 9.17) is 0 Å². The van der Waals surface area contributed by atoms with Crippen LogP contribution in [0.4, 0.5) is 0 Å². The topological polar surface area (TPSA) is 90.0 Å². The van der Waals surface area contributed by atoms with Crippen molar-refractivity contribution in [2.75, 3.05) is 13.6 Å². The van der Waals surface area contributed by atoms with Gasteiger partial charge in [-0.15, -0.1) is 0 Å². The normalized spacial score (nSPS) is 22.8. The molecule has 0 aromatic heterocycles. The van der Waals surface area contributed by atoms with E-state index in [0.29, 0.717) is 0 Å². The highest BCUT2D eigenvalue weighted by Gasteiger charge is 2.39. The fraction of sp³-hybridized carbons (Fsp3) is 0.800. The SMILES string of the molecule is C/C(=C\C(C(C)C)N(C)C(=O)[C@H](NC(=O)[C@H]1CCCCN1C(C)C)C1CCCC1)C(=O)O. The Hall–Kier alpha value is -1.89. The first-order chi connectivity index (χ1) is 15.0. The van der Waals surface area contributed by atoms with E-state index >= 15 is 0 Å². The molecule has 1 aliphatic carbocycles. The van der Waals surface area contributed by atoms with Crippen molar-refractivity contribution in [3.05, 3.63) is 11.6 Å². The van der Waals surface area contributed by atoms with Gasteiger partial charge in [-0.25, -0.2) is 4.79 Å². The van der Waals surface area contributed by atoms with Gasteiger partial charge in [-0.2, -0.15) is 0 Å². The molecule has 32 heavy (non-hydrogen) atoms. The zero-order valence-electron chi connectivity index (χ0n) is 20.8. The molecule has 182 valence electrons. The van der Waals surface area contributed by atoms with E-state index in [9.17, 15) is 19.5 Å². The number of likely N-dealkylation sites (N-methyl/N-ethyl adjacent to an activating group) is 1. The molecule has 1 heterocycles. The highest BCUT2D eigenvalue weighted by Crippen LogP contribution is 2.30. The van der Waals surface area contributed by atoms with Crippen molar-refractivity contribution in [2.24, 2.45) is 11.8 Å². The monoisotopic (exact) mass is 449 g/mol. The van der Waals surface area contributed by atoms with Crippen molar-refractivity contribution in [2.45, 2.75) is 104 Å². The lowest BCUT2D eigenvalue weighted by Crippen LogP contribution is -2.59. The Morgan fingerprint density at radius 1 is 1.03 bits per heavy atom. The highest BCUT2D eigenvalue weighted by atomic mass is 16.4. The van der Waals surface area contributed by atoms with Gasteiger partial charge >= 0.3 is 5.97 Å². The van der Waals surface area contributed by atoms with E-state index in [1.165, 1.54) is 0 Å². The van der Waals surface area contributed by atoms with Crippen LogP contribution in [0.1, 0.15) is 79.6 Å². The Kier molecular flexibility index (Phi) is 9.74. The maximum absolute atomic E-state index is 13.7. The van der Waals surface area contributed by atoms with Gasteiger partial charge in [0.1, 0.15) is 6.04 Å². The summed E-state index contributed by atoms with van der Waals surface area (Å²) in [4.78, 5) is 42.3. The Labute approximate surface area is 193 Å². The standard InChI is InChI=1S/C25H43N3O4/c1-16(2)21(15-18(5)25(31)32)27(6)24(30)22(19-11-7-8-12-19)26-23(29)20-13-9-10-14-28(20)17(3)4/h15-17,19-22H,7-14H2,1-6H3,(H,26,29)(H,31,32)/b18-15+/t20-,21?,22-/m1/s1. The first kappa shape index (κ1) is 26.4. The van der Waals surface area contributed by atoms with Gasteiger partial charge < -0.3 is 15.3 Å². The van der Waals surface area contributed by atoms with Crippen LogP contribution in [0.3, 0.4) is 0 Å². The quantitative estimate of drug-likeness (QED) is 0.526. The minimum absolute atomic E-state index is 0.0459. The summed E-state index contributed by atoms with van der Waals surface area (Å²) < 4.78 is 0. The van der Waals surface area contributed by atoms with E-state index in [1.54, 1.807) is 24.9 Å². The molecule has 1 saturated carbocycles. The zero-order chi connectivity index (χ0) is 24.0. The van der Waals surface area contributed by atoms with E-state index in [-0.39, 0.29) is 47.3 Å². The number of carbonyl (C=O) groups excluding carboxylic acids is 2. The number of amides is 2. The van der Waals surface area contributed by atoms with Gasteiger partial charge in [-0.05, 0) is 64.8 Å². The van der Waals surface area contributed by atoms with Gasteiger partial charge in [-0.1, -0.05) is 39.2 Å². The lowest BCUT2D eigenvalue weighted by molar-refractivity contribution is -0.140. The van der Waals surface area contributed by atoms with Crippen molar-refractivity contribution in [1.82, 2.24) is 15.1 Å². The van der Waals surface area contributed by atoms with Crippen molar-refractivity contribution in [1.29, 1.82) is 0 Å².